The van der Waals surface area contributed by atoms with E-state index in [1.165, 1.54) is 11.8 Å². The van der Waals surface area contributed by atoms with Crippen molar-refractivity contribution in [2.75, 3.05) is 16.9 Å². The van der Waals surface area contributed by atoms with Gasteiger partial charge in [0.05, 0.1) is 0 Å². The number of rotatable bonds is 6. The van der Waals surface area contributed by atoms with Crippen LogP contribution in [0.2, 0.25) is 0 Å². The first-order valence-electron chi connectivity index (χ1n) is 9.59. The standard InChI is InChI=1S/C24H20N4O2S/c1-31-24-25-13-14-28(24)21-12-5-9-18(15-21)23(30)27-20-11-6-10-19(16-20)26-22(29)17-7-3-2-4-8-17/h2-16H,1H3,(H,26,29)(H,27,30). The van der Waals surface area contributed by atoms with Gasteiger partial charge in [0.25, 0.3) is 11.8 Å². The molecule has 3 aromatic carbocycles. The quantitative estimate of drug-likeness (QED) is 0.419. The average molecular weight is 429 g/mol. The average Bonchev–Trinajstić information content (AvgIpc) is 3.29. The van der Waals surface area contributed by atoms with Gasteiger partial charge in [0.2, 0.25) is 0 Å². The minimum absolute atomic E-state index is 0.207. The van der Waals surface area contributed by atoms with Crippen LogP contribution < -0.4 is 10.6 Å². The first-order valence-corrected chi connectivity index (χ1v) is 10.8. The summed E-state index contributed by atoms with van der Waals surface area (Å²) in [4.78, 5) is 29.5. The summed E-state index contributed by atoms with van der Waals surface area (Å²) in [5.74, 6) is -0.444. The van der Waals surface area contributed by atoms with Crippen molar-refractivity contribution in [3.8, 4) is 5.69 Å². The molecule has 2 amide bonds. The third kappa shape index (κ3) is 4.84. The van der Waals surface area contributed by atoms with Crippen molar-refractivity contribution in [1.29, 1.82) is 0 Å². The first kappa shape index (κ1) is 20.4. The number of nitrogens with zero attached hydrogens (tertiary/aromatic N) is 2. The van der Waals surface area contributed by atoms with Gasteiger partial charge in [0.1, 0.15) is 0 Å². The van der Waals surface area contributed by atoms with Crippen LogP contribution >= 0.6 is 11.8 Å². The molecule has 0 saturated carbocycles. The number of amides is 2. The van der Waals surface area contributed by atoms with Gasteiger partial charge in [-0.3, -0.25) is 14.2 Å². The number of benzene rings is 3. The monoisotopic (exact) mass is 428 g/mol. The fourth-order valence-electron chi connectivity index (χ4n) is 3.11. The zero-order valence-corrected chi connectivity index (χ0v) is 17.6. The second-order valence-electron chi connectivity index (χ2n) is 6.69. The molecule has 0 aliphatic heterocycles. The van der Waals surface area contributed by atoms with Gasteiger partial charge in [0, 0.05) is 40.6 Å². The van der Waals surface area contributed by atoms with Crippen molar-refractivity contribution >= 4 is 35.0 Å². The van der Waals surface area contributed by atoms with Crippen LogP contribution in [-0.4, -0.2) is 27.6 Å². The first-order chi connectivity index (χ1) is 15.1. The van der Waals surface area contributed by atoms with Gasteiger partial charge in [-0.25, -0.2) is 4.98 Å². The van der Waals surface area contributed by atoms with Crippen molar-refractivity contribution < 1.29 is 9.59 Å². The molecule has 154 valence electrons. The second kappa shape index (κ2) is 9.32. The Bertz CT molecular complexity index is 1220. The van der Waals surface area contributed by atoms with E-state index in [-0.39, 0.29) is 11.8 Å². The molecule has 7 heteroatoms. The molecule has 31 heavy (non-hydrogen) atoms. The fraction of sp³-hybridized carbons (Fsp3) is 0.0417. The van der Waals surface area contributed by atoms with Crippen LogP contribution in [0.15, 0.2) is 96.4 Å². The summed E-state index contributed by atoms with van der Waals surface area (Å²) in [6.07, 6.45) is 5.55. The molecule has 0 saturated heterocycles. The Morgan fingerprint density at radius 3 is 2.16 bits per heavy atom. The van der Waals surface area contributed by atoms with E-state index in [2.05, 4.69) is 15.6 Å². The van der Waals surface area contributed by atoms with E-state index in [1.807, 2.05) is 53.4 Å². The summed E-state index contributed by atoms with van der Waals surface area (Å²) in [5, 5.41) is 6.59. The van der Waals surface area contributed by atoms with E-state index in [0.717, 1.165) is 10.8 Å². The summed E-state index contributed by atoms with van der Waals surface area (Å²) < 4.78 is 1.93. The molecule has 2 N–H and O–H groups in total. The molecule has 0 aliphatic rings. The highest BCUT2D eigenvalue weighted by molar-refractivity contribution is 7.98. The van der Waals surface area contributed by atoms with Gasteiger partial charge in [-0.15, -0.1) is 0 Å². The molecule has 0 spiro atoms. The van der Waals surface area contributed by atoms with Gasteiger partial charge >= 0.3 is 0 Å². The van der Waals surface area contributed by atoms with Gasteiger partial charge < -0.3 is 10.6 Å². The molecule has 6 nitrogen and oxygen atoms in total. The number of carbonyl (C=O) groups excluding carboxylic acids is 2. The van der Waals surface area contributed by atoms with Gasteiger partial charge in [-0.1, -0.05) is 42.1 Å². The Labute approximate surface area is 184 Å². The fourth-order valence-corrected chi connectivity index (χ4v) is 3.63. The number of anilines is 2. The van der Waals surface area contributed by atoms with E-state index in [1.54, 1.807) is 48.7 Å². The number of thioether (sulfide) groups is 1. The molecule has 1 heterocycles. The number of aromatic nitrogens is 2. The zero-order valence-electron chi connectivity index (χ0n) is 16.8. The number of nitrogens with one attached hydrogen (secondary N) is 2. The SMILES string of the molecule is CSc1nccn1-c1cccc(C(=O)Nc2cccc(NC(=O)c3ccccc3)c2)c1. The zero-order chi connectivity index (χ0) is 21.6. The van der Waals surface area contributed by atoms with Crippen LogP contribution in [-0.2, 0) is 0 Å². The van der Waals surface area contributed by atoms with Gasteiger partial charge in [-0.05, 0) is 54.8 Å². The van der Waals surface area contributed by atoms with E-state index >= 15 is 0 Å². The number of carbonyl (C=O) groups is 2. The molecule has 0 fully saturated rings. The maximum atomic E-state index is 12.8. The van der Waals surface area contributed by atoms with Crippen LogP contribution in [0.3, 0.4) is 0 Å². The Morgan fingerprint density at radius 2 is 1.45 bits per heavy atom. The molecule has 0 bridgehead atoms. The molecular weight excluding hydrogens is 408 g/mol. The topological polar surface area (TPSA) is 76.0 Å². The van der Waals surface area contributed by atoms with E-state index in [4.69, 9.17) is 0 Å². The van der Waals surface area contributed by atoms with Crippen molar-refractivity contribution in [3.63, 3.8) is 0 Å². The lowest BCUT2D eigenvalue weighted by atomic mass is 10.1. The minimum Gasteiger partial charge on any atom is -0.322 e. The smallest absolute Gasteiger partial charge is 0.255 e. The molecule has 0 unspecified atom stereocenters. The van der Waals surface area contributed by atoms with Crippen molar-refractivity contribution in [2.24, 2.45) is 0 Å². The molecule has 0 atom stereocenters. The van der Waals surface area contributed by atoms with Crippen molar-refractivity contribution in [1.82, 2.24) is 9.55 Å². The second-order valence-corrected chi connectivity index (χ2v) is 7.46. The molecular formula is C24H20N4O2S. The summed E-state index contributed by atoms with van der Waals surface area (Å²) in [7, 11) is 0. The predicted octanol–water partition coefficient (Wildman–Crippen LogP) is 5.10. The number of hydrogen-bond acceptors (Lipinski definition) is 4. The maximum absolute atomic E-state index is 12.8. The summed E-state index contributed by atoms with van der Waals surface area (Å²) in [5.41, 5.74) is 3.14. The predicted molar refractivity (Wildman–Crippen MR) is 124 cm³/mol. The number of hydrogen-bond donors (Lipinski definition) is 2. The lowest BCUT2D eigenvalue weighted by molar-refractivity contribution is 0.101. The largest absolute Gasteiger partial charge is 0.322 e. The minimum atomic E-state index is -0.237. The highest BCUT2D eigenvalue weighted by Crippen LogP contribution is 2.21. The highest BCUT2D eigenvalue weighted by Gasteiger charge is 2.11. The Morgan fingerprint density at radius 1 is 0.806 bits per heavy atom. The van der Waals surface area contributed by atoms with Crippen LogP contribution in [0.4, 0.5) is 11.4 Å². The lowest BCUT2D eigenvalue weighted by Crippen LogP contribution is -2.14. The lowest BCUT2D eigenvalue weighted by Gasteiger charge is -2.11. The Balaban J connectivity index is 1.49. The van der Waals surface area contributed by atoms with E-state index in [9.17, 15) is 9.59 Å². The highest BCUT2D eigenvalue weighted by atomic mass is 32.2. The van der Waals surface area contributed by atoms with Crippen molar-refractivity contribution in [3.05, 3.63) is 102 Å². The number of imidazole rings is 1. The van der Waals surface area contributed by atoms with Gasteiger partial charge in [-0.2, -0.15) is 0 Å². The summed E-state index contributed by atoms with van der Waals surface area (Å²) in [6.45, 7) is 0. The molecule has 1 aromatic heterocycles. The van der Waals surface area contributed by atoms with Crippen molar-refractivity contribution in [2.45, 2.75) is 5.16 Å². The Hall–Kier alpha value is -3.84. The summed E-state index contributed by atoms with van der Waals surface area (Å²) >= 11 is 1.54. The molecule has 0 radical (unpaired) electrons. The normalized spacial score (nSPS) is 10.5. The third-order valence-corrected chi connectivity index (χ3v) is 5.26. The van der Waals surface area contributed by atoms with Crippen LogP contribution in [0.25, 0.3) is 5.69 Å². The van der Waals surface area contributed by atoms with Crippen LogP contribution in [0, 0.1) is 0 Å². The van der Waals surface area contributed by atoms with E-state index in [0.29, 0.717) is 22.5 Å². The molecule has 4 aromatic rings. The van der Waals surface area contributed by atoms with Crippen LogP contribution in [0.1, 0.15) is 20.7 Å². The van der Waals surface area contributed by atoms with Crippen LogP contribution in [0.5, 0.6) is 0 Å². The maximum Gasteiger partial charge on any atom is 0.255 e. The van der Waals surface area contributed by atoms with E-state index < -0.39 is 0 Å². The Kier molecular flexibility index (Phi) is 6.14. The molecule has 4 rings (SSSR count). The summed E-state index contributed by atoms with van der Waals surface area (Å²) in [6, 6.07) is 23.4. The van der Waals surface area contributed by atoms with Gasteiger partial charge in [0.15, 0.2) is 5.16 Å². The molecule has 0 aliphatic carbocycles. The third-order valence-electron chi connectivity index (χ3n) is 4.59.